The molecule has 7 aromatic carbocycles. The van der Waals surface area contributed by atoms with E-state index in [0.29, 0.717) is 42.1 Å². The molecule has 0 spiro atoms. The summed E-state index contributed by atoms with van der Waals surface area (Å²) in [6, 6.07) is 62.3. The average molecular weight is 781 g/mol. The Morgan fingerprint density at radius 2 is 0.519 bits per heavy atom. The van der Waals surface area contributed by atoms with E-state index in [1.54, 1.807) is 31.4 Å². The van der Waals surface area contributed by atoms with Gasteiger partial charge in [0.15, 0.2) is 0 Å². The minimum absolute atomic E-state index is 0.414. The van der Waals surface area contributed by atoms with Crippen molar-refractivity contribution in [3.05, 3.63) is 206 Å². The molecule has 0 aromatic heterocycles. The van der Waals surface area contributed by atoms with Gasteiger partial charge in [-0.2, -0.15) is 0 Å². The highest BCUT2D eigenvalue weighted by atomic mass is 28.5. The van der Waals surface area contributed by atoms with Gasteiger partial charge >= 0.3 is 34.5 Å². The van der Waals surface area contributed by atoms with Crippen LogP contribution < -0.4 is 41.0 Å². The standard InChI is InChI=1S/C43H40O7Si4/c1-47-36-32-34-43(35-33-36)54(48-51(44,37-20-8-2-9-21-37)38-22-10-3-11-23-38,49-52(45,39-24-12-4-13-25-39)40-26-14-5-15-27-40)50-53(46,41-28-16-6-17-29-41)42-30-18-7-19-31-42/h2-35,44-46H,1H3. The SMILES string of the molecule is COc1ccc([Si](O[Si](O)(c2ccccc2)c2ccccc2)(O[Si](O)(c2ccccc2)c2ccccc2)O[Si](O)(c2ccccc2)c2ccccc2)cc1. The smallest absolute Gasteiger partial charge is 0.497 e. The predicted octanol–water partition coefficient (Wildman–Crippen LogP) is 2.64. The van der Waals surface area contributed by atoms with Crippen LogP contribution in [0.25, 0.3) is 0 Å². The zero-order chi connectivity index (χ0) is 37.5. The Labute approximate surface area is 320 Å². The maximum atomic E-state index is 13.4. The van der Waals surface area contributed by atoms with Gasteiger partial charge in [-0.25, -0.2) is 0 Å². The summed E-state index contributed by atoms with van der Waals surface area (Å²) in [5.41, 5.74) is 0. The Balaban J connectivity index is 1.58. The minimum atomic E-state index is -4.83. The second-order valence-electron chi connectivity index (χ2n) is 12.7. The van der Waals surface area contributed by atoms with Gasteiger partial charge < -0.3 is 31.5 Å². The Bertz CT molecular complexity index is 1880. The molecule has 0 amide bonds. The molecule has 0 aliphatic carbocycles. The Kier molecular flexibility index (Phi) is 11.1. The first-order valence-electron chi connectivity index (χ1n) is 17.5. The summed E-state index contributed by atoms with van der Waals surface area (Å²) in [6.07, 6.45) is 0. The number of rotatable bonds is 14. The summed E-state index contributed by atoms with van der Waals surface area (Å²) >= 11 is 0. The van der Waals surface area contributed by atoms with Crippen LogP contribution >= 0.6 is 0 Å². The second-order valence-corrected chi connectivity index (χ2v) is 24.2. The van der Waals surface area contributed by atoms with Gasteiger partial charge in [-0.05, 0) is 43.3 Å². The van der Waals surface area contributed by atoms with Gasteiger partial charge in [0.2, 0.25) is 0 Å². The van der Waals surface area contributed by atoms with E-state index >= 15 is 0 Å². The van der Waals surface area contributed by atoms with Crippen LogP contribution in [0.1, 0.15) is 0 Å². The topological polar surface area (TPSA) is 97.6 Å². The van der Waals surface area contributed by atoms with E-state index in [4.69, 9.17) is 17.1 Å². The van der Waals surface area contributed by atoms with Gasteiger partial charge in [0.1, 0.15) is 5.75 Å². The molecule has 7 rings (SSSR count). The van der Waals surface area contributed by atoms with Crippen LogP contribution in [0.2, 0.25) is 0 Å². The van der Waals surface area contributed by atoms with Gasteiger partial charge in [-0.1, -0.05) is 194 Å². The fourth-order valence-electron chi connectivity index (χ4n) is 6.46. The maximum absolute atomic E-state index is 13.4. The zero-order valence-electron chi connectivity index (χ0n) is 29.6. The van der Waals surface area contributed by atoms with Crippen molar-refractivity contribution in [2.24, 2.45) is 0 Å². The Morgan fingerprint density at radius 1 is 0.296 bits per heavy atom. The van der Waals surface area contributed by atoms with E-state index in [1.807, 2.05) is 182 Å². The summed E-state index contributed by atoms with van der Waals surface area (Å²) in [6.45, 7) is 0. The molecule has 0 aliphatic rings. The molecule has 0 unspecified atom stereocenters. The molecule has 0 saturated heterocycles. The van der Waals surface area contributed by atoms with Gasteiger partial charge in [-0.3, -0.25) is 0 Å². The summed E-state index contributed by atoms with van der Waals surface area (Å²) in [5.74, 6) is 0.567. The van der Waals surface area contributed by atoms with Crippen LogP contribution in [0.5, 0.6) is 5.75 Å². The first-order valence-corrected chi connectivity index (χ1v) is 24.8. The largest absolute Gasteiger partial charge is 0.511 e. The molecule has 7 nitrogen and oxygen atoms in total. The molecule has 0 aliphatic heterocycles. The second kappa shape index (κ2) is 16.1. The average Bonchev–Trinajstić information content (AvgIpc) is 3.25. The highest BCUT2D eigenvalue weighted by Crippen LogP contribution is 2.26. The number of ether oxygens (including phenoxy) is 1. The lowest BCUT2D eigenvalue weighted by Crippen LogP contribution is -2.80. The highest BCUT2D eigenvalue weighted by Gasteiger charge is 2.63. The number of methoxy groups -OCH3 is 1. The van der Waals surface area contributed by atoms with E-state index in [1.165, 1.54) is 0 Å². The fraction of sp³-hybridized carbons (Fsp3) is 0.0233. The van der Waals surface area contributed by atoms with E-state index in [-0.39, 0.29) is 0 Å². The summed E-state index contributed by atoms with van der Waals surface area (Å²) in [7, 11) is -16.3. The summed E-state index contributed by atoms with van der Waals surface area (Å²) in [5, 5.41) is 3.60. The molecule has 270 valence electrons. The molecule has 7 aromatic rings. The fourth-order valence-corrected chi connectivity index (χ4v) is 22.4. The van der Waals surface area contributed by atoms with E-state index < -0.39 is 34.5 Å². The van der Waals surface area contributed by atoms with E-state index in [2.05, 4.69) is 0 Å². The molecule has 0 atom stereocenters. The van der Waals surface area contributed by atoms with Crippen LogP contribution in [0.4, 0.5) is 0 Å². The van der Waals surface area contributed by atoms with Crippen molar-refractivity contribution < 1.29 is 31.5 Å². The third kappa shape index (κ3) is 7.51. The van der Waals surface area contributed by atoms with Gasteiger partial charge in [-0.15, -0.1) is 0 Å². The van der Waals surface area contributed by atoms with Crippen molar-refractivity contribution >= 4 is 70.8 Å². The summed E-state index contributed by atoms with van der Waals surface area (Å²) in [4.78, 5) is 40.1. The van der Waals surface area contributed by atoms with Crippen molar-refractivity contribution in [3.8, 4) is 5.75 Å². The lowest BCUT2D eigenvalue weighted by atomic mass is 10.3. The molecule has 0 heterocycles. The third-order valence-corrected chi connectivity index (χ3v) is 23.8. The van der Waals surface area contributed by atoms with Gasteiger partial charge in [0.25, 0.3) is 0 Å². The molecule has 0 fully saturated rings. The van der Waals surface area contributed by atoms with Crippen molar-refractivity contribution in [1.82, 2.24) is 0 Å². The molecule has 11 heteroatoms. The first kappa shape index (κ1) is 37.3. The molecular formula is C43H40O7Si4. The molecule has 0 radical (unpaired) electrons. The van der Waals surface area contributed by atoms with Gasteiger partial charge in [0.05, 0.1) is 7.11 Å². The van der Waals surface area contributed by atoms with Gasteiger partial charge in [0, 0.05) is 5.19 Å². The normalized spacial score (nSPS) is 12.3. The molecule has 0 saturated carbocycles. The summed E-state index contributed by atoms with van der Waals surface area (Å²) < 4.78 is 27.9. The molecule has 0 bridgehead atoms. The molecular weight excluding hydrogens is 741 g/mol. The van der Waals surface area contributed by atoms with Crippen LogP contribution in [0.15, 0.2) is 206 Å². The zero-order valence-corrected chi connectivity index (χ0v) is 33.6. The van der Waals surface area contributed by atoms with Crippen molar-refractivity contribution in [2.45, 2.75) is 0 Å². The molecule has 3 N–H and O–H groups in total. The number of benzene rings is 7. The lowest BCUT2D eigenvalue weighted by molar-refractivity contribution is 0.215. The minimum Gasteiger partial charge on any atom is -0.497 e. The predicted molar refractivity (Wildman–Crippen MR) is 222 cm³/mol. The van der Waals surface area contributed by atoms with Crippen molar-refractivity contribution in [2.75, 3.05) is 7.11 Å². The van der Waals surface area contributed by atoms with E-state index in [0.717, 1.165) is 0 Å². The lowest BCUT2D eigenvalue weighted by Gasteiger charge is -2.44. The van der Waals surface area contributed by atoms with Crippen LogP contribution in [0.3, 0.4) is 0 Å². The van der Waals surface area contributed by atoms with Crippen LogP contribution in [-0.4, -0.2) is 56.0 Å². The third-order valence-electron chi connectivity index (χ3n) is 9.28. The quantitative estimate of drug-likeness (QED) is 0.146. The maximum Gasteiger partial charge on any atom is 0.511 e. The monoisotopic (exact) mass is 780 g/mol. The van der Waals surface area contributed by atoms with Crippen molar-refractivity contribution in [3.63, 3.8) is 0 Å². The van der Waals surface area contributed by atoms with E-state index in [9.17, 15) is 14.4 Å². The Morgan fingerprint density at radius 3 is 0.722 bits per heavy atom. The van der Waals surface area contributed by atoms with Crippen LogP contribution in [0, 0.1) is 0 Å². The highest BCUT2D eigenvalue weighted by molar-refractivity contribution is 7.06. The number of hydrogen-bond donors (Lipinski definition) is 3. The number of hydrogen-bond acceptors (Lipinski definition) is 7. The van der Waals surface area contributed by atoms with Crippen molar-refractivity contribution in [1.29, 1.82) is 0 Å². The van der Waals surface area contributed by atoms with Crippen LogP contribution in [-0.2, 0) is 12.3 Å². The first-order chi connectivity index (χ1) is 26.3. The Hall–Kier alpha value is -5.03. The molecule has 54 heavy (non-hydrogen) atoms.